The number of likely N-dealkylation sites (N-methyl/N-ethyl adjacent to an activating group) is 1. The summed E-state index contributed by atoms with van der Waals surface area (Å²) in [5, 5.41) is 0. The Bertz CT molecular complexity index is 1180. The minimum absolute atomic E-state index is 0.905. The van der Waals surface area contributed by atoms with Gasteiger partial charge in [-0.15, -0.1) is 0 Å². The van der Waals surface area contributed by atoms with Crippen LogP contribution in [0.15, 0.2) is 105 Å². The third kappa shape index (κ3) is 4.40. The van der Waals surface area contributed by atoms with Gasteiger partial charge in [-0.05, 0) is 48.5 Å². The fourth-order valence-corrected chi connectivity index (χ4v) is 6.77. The second-order valence-electron chi connectivity index (χ2n) is 9.48. The van der Waals surface area contributed by atoms with E-state index in [-0.39, 0.29) is 0 Å². The number of hydrogen-bond donors (Lipinski definition) is 0. The Labute approximate surface area is 215 Å². The lowest BCUT2D eigenvalue weighted by Crippen LogP contribution is -2.48. The van der Waals surface area contributed by atoms with Gasteiger partial charge in [0.15, 0.2) is 0 Å². The van der Waals surface area contributed by atoms with Crippen molar-refractivity contribution in [3.8, 4) is 0 Å². The number of quaternary nitrogens is 1. The van der Waals surface area contributed by atoms with E-state index in [0.717, 1.165) is 42.3 Å². The zero-order chi connectivity index (χ0) is 23.8. The first kappa shape index (κ1) is 22.5. The molecule has 0 saturated heterocycles. The van der Waals surface area contributed by atoms with Crippen LogP contribution < -0.4 is 9.80 Å². The molecular weight excluding hydrogens is 470 g/mol. The van der Waals surface area contributed by atoms with Crippen molar-refractivity contribution in [1.29, 1.82) is 0 Å². The van der Waals surface area contributed by atoms with E-state index >= 15 is 0 Å². The normalized spacial score (nSPS) is 14.1. The van der Waals surface area contributed by atoms with E-state index in [1.54, 1.807) is 0 Å². The monoisotopic (exact) mass is 498 g/mol. The molecule has 7 heteroatoms. The average Bonchev–Trinajstić information content (AvgIpc) is 2.89. The lowest BCUT2D eigenvalue weighted by atomic mass is 10.2. The highest BCUT2D eigenvalue weighted by molar-refractivity contribution is 8.00. The Balaban J connectivity index is 1.21. The first-order chi connectivity index (χ1) is 17.1. The molecule has 0 bridgehead atoms. The Morgan fingerprint density at radius 1 is 0.600 bits per heavy atom. The largest absolute Gasteiger partial charge is 0.326 e. The van der Waals surface area contributed by atoms with Gasteiger partial charge < -0.3 is 14.3 Å². The van der Waals surface area contributed by atoms with E-state index in [1.807, 2.05) is 48.1 Å². The second kappa shape index (κ2) is 9.22. The van der Waals surface area contributed by atoms with E-state index < -0.39 is 0 Å². The summed E-state index contributed by atoms with van der Waals surface area (Å²) in [6.07, 6.45) is 3.80. The number of benzene rings is 2. The third-order valence-corrected chi connectivity index (χ3v) is 8.83. The van der Waals surface area contributed by atoms with Crippen LogP contribution in [-0.2, 0) is 0 Å². The van der Waals surface area contributed by atoms with Crippen LogP contribution in [-0.4, -0.2) is 54.7 Å². The minimum Gasteiger partial charge on any atom is -0.326 e. The van der Waals surface area contributed by atoms with E-state index in [4.69, 9.17) is 9.97 Å². The zero-order valence-electron chi connectivity index (χ0n) is 20.0. The van der Waals surface area contributed by atoms with Gasteiger partial charge in [0.2, 0.25) is 0 Å². The number of hydrogen-bond acceptors (Lipinski definition) is 6. The molecule has 176 valence electrons. The average molecular weight is 499 g/mol. The minimum atomic E-state index is 0.905. The van der Waals surface area contributed by atoms with E-state index in [2.05, 4.69) is 84.6 Å². The summed E-state index contributed by atoms with van der Waals surface area (Å²) < 4.78 is 0.905. The van der Waals surface area contributed by atoms with E-state index in [0.29, 0.717) is 0 Å². The number of fused-ring (bicyclic) bond motifs is 4. The fraction of sp³-hybridized carbons (Fsp3) is 0.214. The zero-order valence-corrected chi connectivity index (χ0v) is 21.6. The molecule has 0 fully saturated rings. The van der Waals surface area contributed by atoms with Crippen molar-refractivity contribution in [3.63, 3.8) is 0 Å². The molecule has 35 heavy (non-hydrogen) atoms. The molecule has 2 aliphatic heterocycles. The van der Waals surface area contributed by atoms with Gasteiger partial charge in [0.1, 0.15) is 11.6 Å². The van der Waals surface area contributed by atoms with Crippen LogP contribution in [0.4, 0.5) is 23.0 Å². The first-order valence-electron chi connectivity index (χ1n) is 11.9. The molecule has 6 rings (SSSR count). The van der Waals surface area contributed by atoms with Crippen LogP contribution in [0.3, 0.4) is 0 Å². The summed E-state index contributed by atoms with van der Waals surface area (Å²) in [5.74, 6) is 2.13. The Hall–Kier alpha value is -3.00. The van der Waals surface area contributed by atoms with Gasteiger partial charge in [-0.3, -0.25) is 0 Å². The Kier molecular flexibility index (Phi) is 5.92. The van der Waals surface area contributed by atoms with Crippen molar-refractivity contribution >= 4 is 46.5 Å². The van der Waals surface area contributed by atoms with E-state index in [1.165, 1.54) is 31.0 Å². The summed E-state index contributed by atoms with van der Waals surface area (Å²) in [5.41, 5.74) is 2.51. The highest BCUT2D eigenvalue weighted by Gasteiger charge is 2.29. The molecule has 2 aliphatic rings. The topological polar surface area (TPSA) is 32.3 Å². The number of anilines is 4. The molecule has 4 aromatic rings. The SMILES string of the molecule is C[N+](C)(CCN1c2ccccc2Sc2cccnc21)CCN1c2ccccc2Sc2cccnc21. The van der Waals surface area contributed by atoms with Crippen molar-refractivity contribution in [2.24, 2.45) is 0 Å². The molecular formula is C28H28N5S2+. The van der Waals surface area contributed by atoms with Gasteiger partial charge in [-0.25, -0.2) is 9.97 Å². The van der Waals surface area contributed by atoms with Crippen LogP contribution >= 0.6 is 23.5 Å². The second-order valence-corrected chi connectivity index (χ2v) is 11.6. The molecule has 4 heterocycles. The standard InChI is InChI=1S/C28H28N5S2/c1-33(2,19-17-31-21-9-3-5-11-23(21)34-25-13-7-15-29-27(25)31)20-18-32-22-10-4-6-12-24(22)35-26-14-8-16-30-28(26)32/h3-16H,17-20H2,1-2H3/q+1. The van der Waals surface area contributed by atoms with Crippen molar-refractivity contribution in [2.45, 2.75) is 19.6 Å². The number of nitrogens with zero attached hydrogens (tertiary/aromatic N) is 5. The van der Waals surface area contributed by atoms with Crippen molar-refractivity contribution in [2.75, 3.05) is 50.1 Å². The molecule has 2 aromatic carbocycles. The maximum atomic E-state index is 4.75. The highest BCUT2D eigenvalue weighted by atomic mass is 32.2. The van der Waals surface area contributed by atoms with Gasteiger partial charge in [-0.2, -0.15) is 0 Å². The molecule has 0 saturated carbocycles. The number of rotatable bonds is 6. The summed E-state index contributed by atoms with van der Waals surface area (Å²) >= 11 is 3.62. The van der Waals surface area contributed by atoms with E-state index in [9.17, 15) is 0 Å². The highest BCUT2D eigenvalue weighted by Crippen LogP contribution is 2.48. The van der Waals surface area contributed by atoms with Gasteiger partial charge in [-0.1, -0.05) is 47.8 Å². The van der Waals surface area contributed by atoms with Gasteiger partial charge in [0.25, 0.3) is 0 Å². The summed E-state index contributed by atoms with van der Waals surface area (Å²) in [6, 6.07) is 25.7. The lowest BCUT2D eigenvalue weighted by Gasteiger charge is -2.38. The molecule has 0 N–H and O–H groups in total. The molecule has 0 spiro atoms. The molecule has 2 aromatic heterocycles. The summed E-state index contributed by atoms with van der Waals surface area (Å²) in [4.78, 5) is 19.3. The molecule has 0 atom stereocenters. The third-order valence-electron chi connectivity index (χ3n) is 6.62. The number of aromatic nitrogens is 2. The smallest absolute Gasteiger partial charge is 0.147 e. The Morgan fingerprint density at radius 2 is 1.03 bits per heavy atom. The number of pyridine rings is 2. The van der Waals surface area contributed by atoms with Crippen LogP contribution in [0.1, 0.15) is 0 Å². The molecule has 0 aliphatic carbocycles. The van der Waals surface area contributed by atoms with Crippen LogP contribution in [0.2, 0.25) is 0 Å². The lowest BCUT2D eigenvalue weighted by molar-refractivity contribution is -0.887. The Morgan fingerprint density at radius 3 is 1.51 bits per heavy atom. The van der Waals surface area contributed by atoms with Crippen LogP contribution in [0.5, 0.6) is 0 Å². The molecule has 0 unspecified atom stereocenters. The van der Waals surface area contributed by atoms with Crippen LogP contribution in [0, 0.1) is 0 Å². The van der Waals surface area contributed by atoms with Crippen molar-refractivity contribution in [1.82, 2.24) is 9.97 Å². The van der Waals surface area contributed by atoms with Gasteiger partial charge in [0.05, 0.1) is 61.4 Å². The predicted octanol–water partition coefficient (Wildman–Crippen LogP) is 6.46. The number of para-hydroxylation sites is 2. The fourth-order valence-electron chi connectivity index (χ4n) is 4.63. The summed E-state index contributed by atoms with van der Waals surface area (Å²) in [6.45, 7) is 3.84. The molecule has 5 nitrogen and oxygen atoms in total. The molecule has 0 amide bonds. The van der Waals surface area contributed by atoms with Crippen molar-refractivity contribution in [3.05, 3.63) is 85.2 Å². The molecule has 0 radical (unpaired) electrons. The maximum absolute atomic E-state index is 4.75. The van der Waals surface area contributed by atoms with Crippen molar-refractivity contribution < 1.29 is 4.48 Å². The first-order valence-corrected chi connectivity index (χ1v) is 13.5. The van der Waals surface area contributed by atoms with Gasteiger partial charge in [0, 0.05) is 22.2 Å². The quantitative estimate of drug-likeness (QED) is 0.284. The van der Waals surface area contributed by atoms with Crippen LogP contribution in [0.25, 0.3) is 0 Å². The summed E-state index contributed by atoms with van der Waals surface area (Å²) in [7, 11) is 4.65. The predicted molar refractivity (Wildman–Crippen MR) is 145 cm³/mol. The maximum Gasteiger partial charge on any atom is 0.147 e. The van der Waals surface area contributed by atoms with Gasteiger partial charge >= 0.3 is 0 Å².